The van der Waals surface area contributed by atoms with Crippen molar-refractivity contribution >= 4 is 5.97 Å². The van der Waals surface area contributed by atoms with Crippen molar-refractivity contribution < 1.29 is 24.5 Å². The first-order valence-corrected chi connectivity index (χ1v) is 5.21. The van der Waals surface area contributed by atoms with Crippen LogP contribution >= 0.6 is 0 Å². The number of hydrogen-bond acceptors (Lipinski definition) is 5. The maximum absolute atomic E-state index is 11.8. The van der Waals surface area contributed by atoms with E-state index < -0.39 is 11.8 Å². The number of hydrogen-bond donors (Lipinski definition) is 2. The molecule has 17 heavy (non-hydrogen) atoms. The fraction of sp³-hybridized carbons (Fsp3) is 0.417. The predicted molar refractivity (Wildman–Crippen MR) is 59.0 cm³/mol. The van der Waals surface area contributed by atoms with E-state index in [1.165, 1.54) is 20.1 Å². The van der Waals surface area contributed by atoms with Gasteiger partial charge in [-0.3, -0.25) is 0 Å². The van der Waals surface area contributed by atoms with Crippen LogP contribution < -0.4 is 0 Å². The summed E-state index contributed by atoms with van der Waals surface area (Å²) in [4.78, 5) is 11.8. The number of ether oxygens (including phenoxy) is 2. The van der Waals surface area contributed by atoms with Gasteiger partial charge in [0.25, 0.3) is 0 Å². The normalized spacial score (nSPS) is 23.1. The Morgan fingerprint density at radius 3 is 2.71 bits per heavy atom. The van der Waals surface area contributed by atoms with Crippen LogP contribution in [0.4, 0.5) is 0 Å². The van der Waals surface area contributed by atoms with Crippen LogP contribution in [0.2, 0.25) is 0 Å². The first-order valence-electron chi connectivity index (χ1n) is 5.21. The lowest BCUT2D eigenvalue weighted by Gasteiger charge is -2.33. The van der Waals surface area contributed by atoms with Crippen LogP contribution in [0, 0.1) is 6.92 Å². The Bertz CT molecular complexity index is 494. The highest BCUT2D eigenvalue weighted by atomic mass is 16.7. The number of phenolic OH excluding ortho intramolecular Hbond substituents is 2. The first-order chi connectivity index (χ1) is 7.88. The van der Waals surface area contributed by atoms with Crippen LogP contribution in [-0.2, 0) is 15.9 Å². The van der Waals surface area contributed by atoms with Crippen LogP contribution in [0.25, 0.3) is 0 Å². The topological polar surface area (TPSA) is 76.0 Å². The number of carbonyl (C=O) groups excluding carboxylic acids is 1. The van der Waals surface area contributed by atoms with Crippen molar-refractivity contribution in [3.8, 4) is 11.5 Å². The molecule has 1 heterocycles. The van der Waals surface area contributed by atoms with E-state index in [1.54, 1.807) is 6.92 Å². The molecule has 92 valence electrons. The summed E-state index contributed by atoms with van der Waals surface area (Å²) in [6.45, 7) is 3.16. The molecule has 1 aromatic rings. The van der Waals surface area contributed by atoms with E-state index in [-0.39, 0.29) is 29.0 Å². The number of benzene rings is 1. The zero-order valence-electron chi connectivity index (χ0n) is 9.90. The zero-order chi connectivity index (χ0) is 12.8. The molecule has 1 aliphatic heterocycles. The Balaban J connectivity index is 2.61. The van der Waals surface area contributed by atoms with Crippen molar-refractivity contribution in [3.63, 3.8) is 0 Å². The summed E-state index contributed by atoms with van der Waals surface area (Å²) < 4.78 is 10.2. The Kier molecular flexibility index (Phi) is 2.50. The van der Waals surface area contributed by atoms with Gasteiger partial charge in [-0.15, -0.1) is 0 Å². The number of fused-ring (bicyclic) bond motifs is 1. The van der Waals surface area contributed by atoms with E-state index in [2.05, 4.69) is 0 Å². The number of aromatic hydroxyl groups is 2. The summed E-state index contributed by atoms with van der Waals surface area (Å²) in [6, 6.07) is 1.46. The molecule has 0 aliphatic carbocycles. The molecule has 2 N–H and O–H groups in total. The lowest BCUT2D eigenvalue weighted by atomic mass is 9.94. The van der Waals surface area contributed by atoms with Gasteiger partial charge in [0.05, 0.1) is 0 Å². The number of phenols is 2. The molecule has 1 atom stereocenters. The highest BCUT2D eigenvalue weighted by molar-refractivity contribution is 5.96. The number of carbonyl (C=O) groups is 1. The molecule has 5 nitrogen and oxygen atoms in total. The van der Waals surface area contributed by atoms with Gasteiger partial charge in [0.15, 0.2) is 0 Å². The van der Waals surface area contributed by atoms with Crippen molar-refractivity contribution in [1.29, 1.82) is 0 Å². The molecule has 0 bridgehead atoms. The van der Waals surface area contributed by atoms with Crippen molar-refractivity contribution in [3.05, 3.63) is 22.8 Å². The third kappa shape index (κ3) is 1.72. The van der Waals surface area contributed by atoms with Gasteiger partial charge in [0.2, 0.25) is 5.79 Å². The Morgan fingerprint density at radius 1 is 1.47 bits per heavy atom. The van der Waals surface area contributed by atoms with Gasteiger partial charge in [0, 0.05) is 26.0 Å². The summed E-state index contributed by atoms with van der Waals surface area (Å²) >= 11 is 0. The Labute approximate surface area is 98.6 Å². The van der Waals surface area contributed by atoms with Gasteiger partial charge >= 0.3 is 5.97 Å². The number of rotatable bonds is 1. The molecule has 1 aliphatic rings. The maximum atomic E-state index is 11.8. The van der Waals surface area contributed by atoms with E-state index in [0.717, 1.165) is 0 Å². The van der Waals surface area contributed by atoms with E-state index in [9.17, 15) is 15.0 Å². The second kappa shape index (κ2) is 3.63. The monoisotopic (exact) mass is 238 g/mol. The van der Waals surface area contributed by atoms with Gasteiger partial charge in [0.1, 0.15) is 17.1 Å². The smallest absolute Gasteiger partial charge is 0.344 e. The van der Waals surface area contributed by atoms with E-state index in [0.29, 0.717) is 5.56 Å². The fourth-order valence-corrected chi connectivity index (χ4v) is 1.92. The minimum atomic E-state index is -1.06. The average molecular weight is 238 g/mol. The highest BCUT2D eigenvalue weighted by Crippen LogP contribution is 2.39. The van der Waals surface area contributed by atoms with Crippen LogP contribution in [0.1, 0.15) is 28.4 Å². The molecule has 0 spiro atoms. The third-order valence-corrected chi connectivity index (χ3v) is 3.06. The molecule has 2 rings (SSSR count). The van der Waals surface area contributed by atoms with Crippen molar-refractivity contribution in [2.45, 2.75) is 26.1 Å². The summed E-state index contributed by atoms with van der Waals surface area (Å²) in [7, 11) is 1.44. The number of esters is 1. The second-order valence-electron chi connectivity index (χ2n) is 4.31. The molecular weight excluding hydrogens is 224 g/mol. The van der Waals surface area contributed by atoms with Crippen molar-refractivity contribution in [1.82, 2.24) is 0 Å². The van der Waals surface area contributed by atoms with E-state index in [1.807, 2.05) is 0 Å². The second-order valence-corrected chi connectivity index (χ2v) is 4.31. The predicted octanol–water partition coefficient (Wildman–Crippen LogP) is 1.48. The van der Waals surface area contributed by atoms with Crippen LogP contribution in [0.5, 0.6) is 11.5 Å². The van der Waals surface area contributed by atoms with Crippen molar-refractivity contribution in [2.24, 2.45) is 0 Å². The minimum Gasteiger partial charge on any atom is -0.508 e. The molecule has 0 amide bonds. The molecule has 0 fully saturated rings. The van der Waals surface area contributed by atoms with Gasteiger partial charge in [-0.2, -0.15) is 0 Å². The summed E-state index contributed by atoms with van der Waals surface area (Å²) in [5, 5.41) is 19.5. The van der Waals surface area contributed by atoms with Gasteiger partial charge in [-0.25, -0.2) is 4.79 Å². The Hall–Kier alpha value is -1.75. The standard InChI is InChI=1S/C12H14O5/c1-6-8(13)4-7-5-12(2,16-3)17-11(15)9(7)10(6)14/h4,13-14H,5H2,1-3H3. The summed E-state index contributed by atoms with van der Waals surface area (Å²) in [5.74, 6) is -1.98. The van der Waals surface area contributed by atoms with Gasteiger partial charge in [-0.05, 0) is 18.6 Å². The number of cyclic esters (lactones) is 1. The Morgan fingerprint density at radius 2 is 2.12 bits per heavy atom. The highest BCUT2D eigenvalue weighted by Gasteiger charge is 2.38. The van der Waals surface area contributed by atoms with Gasteiger partial charge < -0.3 is 19.7 Å². The largest absolute Gasteiger partial charge is 0.508 e. The fourth-order valence-electron chi connectivity index (χ4n) is 1.92. The molecule has 5 heteroatoms. The molecule has 0 saturated carbocycles. The average Bonchev–Trinajstić information content (AvgIpc) is 2.25. The molecular formula is C12H14O5. The van der Waals surface area contributed by atoms with Crippen LogP contribution in [0.3, 0.4) is 0 Å². The van der Waals surface area contributed by atoms with E-state index in [4.69, 9.17) is 9.47 Å². The summed E-state index contributed by atoms with van der Waals surface area (Å²) in [5.41, 5.74) is 0.891. The summed E-state index contributed by atoms with van der Waals surface area (Å²) in [6.07, 6.45) is 0.284. The van der Waals surface area contributed by atoms with Crippen LogP contribution in [0.15, 0.2) is 6.07 Å². The molecule has 0 saturated heterocycles. The van der Waals surface area contributed by atoms with Gasteiger partial charge in [-0.1, -0.05) is 0 Å². The number of methoxy groups -OCH3 is 1. The maximum Gasteiger partial charge on any atom is 0.344 e. The first kappa shape index (κ1) is 11.7. The molecule has 0 radical (unpaired) electrons. The van der Waals surface area contributed by atoms with Crippen molar-refractivity contribution in [2.75, 3.05) is 7.11 Å². The van der Waals surface area contributed by atoms with E-state index >= 15 is 0 Å². The molecule has 0 aromatic heterocycles. The van der Waals surface area contributed by atoms with Crippen LogP contribution in [-0.4, -0.2) is 29.1 Å². The quantitative estimate of drug-likeness (QED) is 0.725. The molecule has 1 aromatic carbocycles. The minimum absolute atomic E-state index is 0.0468. The lowest BCUT2D eigenvalue weighted by Crippen LogP contribution is -2.40. The third-order valence-electron chi connectivity index (χ3n) is 3.06. The molecule has 1 unspecified atom stereocenters. The SMILES string of the molecule is COC1(C)Cc2cc(O)c(C)c(O)c2C(=O)O1. The zero-order valence-corrected chi connectivity index (χ0v) is 9.90. The lowest BCUT2D eigenvalue weighted by molar-refractivity contribution is -0.177.